The Bertz CT molecular complexity index is 410. The monoisotopic (exact) mass is 258 g/mol. The van der Waals surface area contributed by atoms with E-state index in [2.05, 4.69) is 0 Å². The Kier molecular flexibility index (Phi) is 4.15. The Labute approximate surface area is 102 Å². The summed E-state index contributed by atoms with van der Waals surface area (Å²) in [5.41, 5.74) is 0. The number of hydrogen-bond donors (Lipinski definition) is 1. The van der Waals surface area contributed by atoms with Crippen molar-refractivity contribution < 1.29 is 14.1 Å². The van der Waals surface area contributed by atoms with Crippen molar-refractivity contribution >= 4 is 28.5 Å². The maximum absolute atomic E-state index is 11.2. The minimum absolute atomic E-state index is 0.748. The summed E-state index contributed by atoms with van der Waals surface area (Å²) in [6.07, 6.45) is 1.61. The van der Waals surface area contributed by atoms with E-state index in [1.807, 2.05) is 0 Å². The lowest BCUT2D eigenvalue weighted by Crippen LogP contribution is -2.26. The summed E-state index contributed by atoms with van der Waals surface area (Å²) in [5, 5.41) is 8.98. The zero-order valence-electron chi connectivity index (χ0n) is 9.39. The number of carboxylic acids is 1. The highest BCUT2D eigenvalue weighted by molar-refractivity contribution is 8.01. The summed E-state index contributed by atoms with van der Waals surface area (Å²) >= 11 is 1.28. The maximum atomic E-state index is 11.2. The van der Waals surface area contributed by atoms with Gasteiger partial charge in [-0.25, -0.2) is 0 Å². The number of carboxylic acid groups (broad SMARTS) is 1. The highest BCUT2D eigenvalue weighted by atomic mass is 32.2. The summed E-state index contributed by atoms with van der Waals surface area (Å²) in [6.45, 7) is 3.32. The molecule has 88 valence electrons. The molecule has 0 heterocycles. The van der Waals surface area contributed by atoms with Gasteiger partial charge in [-0.1, -0.05) is 0 Å². The van der Waals surface area contributed by atoms with Crippen molar-refractivity contribution in [3.63, 3.8) is 0 Å². The van der Waals surface area contributed by atoms with Gasteiger partial charge < -0.3 is 5.11 Å². The first kappa shape index (κ1) is 13.3. The van der Waals surface area contributed by atoms with E-state index in [9.17, 15) is 9.00 Å². The predicted molar refractivity (Wildman–Crippen MR) is 66.3 cm³/mol. The van der Waals surface area contributed by atoms with E-state index >= 15 is 0 Å². The second-order valence-electron chi connectivity index (χ2n) is 3.84. The van der Waals surface area contributed by atoms with Crippen LogP contribution >= 0.6 is 11.8 Å². The smallest absolute Gasteiger partial charge is 0.319 e. The van der Waals surface area contributed by atoms with Crippen LogP contribution in [0.5, 0.6) is 0 Å². The summed E-state index contributed by atoms with van der Waals surface area (Å²) in [7, 11) is -0.995. The van der Waals surface area contributed by atoms with Gasteiger partial charge in [0, 0.05) is 26.8 Å². The molecule has 1 N–H and O–H groups in total. The highest BCUT2D eigenvalue weighted by Crippen LogP contribution is 2.32. The maximum Gasteiger partial charge on any atom is 0.319 e. The Morgan fingerprint density at radius 2 is 1.81 bits per heavy atom. The molecule has 5 heteroatoms. The van der Waals surface area contributed by atoms with Crippen LogP contribution in [0.1, 0.15) is 13.8 Å². The molecule has 0 aromatic heterocycles. The molecule has 0 radical (unpaired) electrons. The molecule has 1 unspecified atom stereocenters. The zero-order valence-corrected chi connectivity index (χ0v) is 11.0. The number of carbonyl (C=O) groups is 1. The van der Waals surface area contributed by atoms with Crippen molar-refractivity contribution in [3.8, 4) is 0 Å². The van der Waals surface area contributed by atoms with E-state index in [0.29, 0.717) is 0 Å². The second-order valence-corrected chi connectivity index (χ2v) is 6.92. The van der Waals surface area contributed by atoms with Gasteiger partial charge in [-0.2, -0.15) is 0 Å². The van der Waals surface area contributed by atoms with Gasteiger partial charge in [-0.15, -0.1) is 11.8 Å². The van der Waals surface area contributed by atoms with E-state index in [4.69, 9.17) is 5.11 Å². The lowest BCUT2D eigenvalue weighted by Gasteiger charge is -2.18. The fourth-order valence-corrected chi connectivity index (χ4v) is 2.51. The topological polar surface area (TPSA) is 54.4 Å². The average Bonchev–Trinajstić information content (AvgIpc) is 2.17. The molecule has 0 aliphatic rings. The minimum atomic E-state index is -0.995. The van der Waals surface area contributed by atoms with Crippen LogP contribution < -0.4 is 0 Å². The fourth-order valence-electron chi connectivity index (χ4n) is 1.04. The Hall–Kier alpha value is -0.810. The molecular weight excluding hydrogens is 244 g/mol. The van der Waals surface area contributed by atoms with Crippen LogP contribution in [0.3, 0.4) is 0 Å². The van der Waals surface area contributed by atoms with Crippen LogP contribution in [0.4, 0.5) is 0 Å². The fraction of sp³-hybridized carbons (Fsp3) is 0.364. The molecule has 1 rings (SSSR count). The highest BCUT2D eigenvalue weighted by Gasteiger charge is 2.28. The van der Waals surface area contributed by atoms with Gasteiger partial charge in [-0.05, 0) is 38.1 Å². The summed E-state index contributed by atoms with van der Waals surface area (Å²) in [5.74, 6) is -0.847. The summed E-state index contributed by atoms with van der Waals surface area (Å²) < 4.78 is 10.3. The lowest BCUT2D eigenvalue weighted by atomic mass is 10.2. The standard InChI is InChI=1S/C11H14O3S2/c1-11(2,10(12)13)15-8-4-6-9(7-5-8)16(3)14/h4-7H,1-3H3,(H,12,13). The van der Waals surface area contributed by atoms with Gasteiger partial charge in [0.25, 0.3) is 0 Å². The summed E-state index contributed by atoms with van der Waals surface area (Å²) in [4.78, 5) is 12.5. The normalized spacial score (nSPS) is 13.4. The molecule has 0 aliphatic heterocycles. The van der Waals surface area contributed by atoms with Crippen LogP contribution in [0.25, 0.3) is 0 Å². The van der Waals surface area contributed by atoms with E-state index < -0.39 is 21.5 Å². The molecule has 1 atom stereocenters. The number of benzene rings is 1. The molecule has 0 bridgehead atoms. The van der Waals surface area contributed by atoms with Crippen molar-refractivity contribution in [2.75, 3.05) is 6.26 Å². The molecule has 3 nitrogen and oxygen atoms in total. The first-order valence-corrected chi connectivity index (χ1v) is 7.06. The van der Waals surface area contributed by atoms with E-state index in [1.54, 1.807) is 44.4 Å². The van der Waals surface area contributed by atoms with Crippen molar-refractivity contribution in [2.45, 2.75) is 28.4 Å². The molecule has 1 aromatic rings. The molecule has 0 saturated heterocycles. The van der Waals surface area contributed by atoms with Crippen LogP contribution in [0.2, 0.25) is 0 Å². The van der Waals surface area contributed by atoms with Crippen LogP contribution in [0, 0.1) is 0 Å². The van der Waals surface area contributed by atoms with Crippen LogP contribution in [0.15, 0.2) is 34.1 Å². The molecule has 0 fully saturated rings. The van der Waals surface area contributed by atoms with E-state index in [1.165, 1.54) is 11.8 Å². The van der Waals surface area contributed by atoms with Crippen LogP contribution in [-0.4, -0.2) is 26.3 Å². The lowest BCUT2D eigenvalue weighted by molar-refractivity contribution is -0.138. The Balaban J connectivity index is 2.84. The van der Waals surface area contributed by atoms with Gasteiger partial charge >= 0.3 is 5.97 Å². The molecule has 0 aliphatic carbocycles. The van der Waals surface area contributed by atoms with Crippen molar-refractivity contribution in [3.05, 3.63) is 24.3 Å². The number of aliphatic carboxylic acids is 1. The Morgan fingerprint density at radius 3 is 2.19 bits per heavy atom. The Morgan fingerprint density at radius 1 is 1.31 bits per heavy atom. The van der Waals surface area contributed by atoms with E-state index in [0.717, 1.165) is 9.79 Å². The quantitative estimate of drug-likeness (QED) is 0.842. The first-order valence-electron chi connectivity index (χ1n) is 4.69. The van der Waals surface area contributed by atoms with Gasteiger partial charge in [0.05, 0.1) is 0 Å². The minimum Gasteiger partial charge on any atom is -0.480 e. The predicted octanol–water partition coefficient (Wildman–Crippen LogP) is 2.38. The first-order chi connectivity index (χ1) is 7.33. The third kappa shape index (κ3) is 3.35. The zero-order chi connectivity index (χ0) is 12.3. The van der Waals surface area contributed by atoms with Crippen molar-refractivity contribution in [2.24, 2.45) is 0 Å². The van der Waals surface area contributed by atoms with Gasteiger partial charge in [0.15, 0.2) is 0 Å². The van der Waals surface area contributed by atoms with Crippen LogP contribution in [-0.2, 0) is 15.6 Å². The molecular formula is C11H14O3S2. The summed E-state index contributed by atoms with van der Waals surface area (Å²) in [6, 6.07) is 7.12. The average molecular weight is 258 g/mol. The third-order valence-electron chi connectivity index (χ3n) is 2.04. The molecule has 0 saturated carbocycles. The van der Waals surface area contributed by atoms with E-state index in [-0.39, 0.29) is 0 Å². The van der Waals surface area contributed by atoms with Gasteiger partial charge in [0.1, 0.15) is 4.75 Å². The molecule has 16 heavy (non-hydrogen) atoms. The van der Waals surface area contributed by atoms with Gasteiger partial charge in [0.2, 0.25) is 0 Å². The number of hydrogen-bond acceptors (Lipinski definition) is 3. The largest absolute Gasteiger partial charge is 0.480 e. The van der Waals surface area contributed by atoms with Crippen molar-refractivity contribution in [1.82, 2.24) is 0 Å². The molecule has 0 spiro atoms. The van der Waals surface area contributed by atoms with Gasteiger partial charge in [-0.3, -0.25) is 9.00 Å². The number of rotatable bonds is 4. The van der Waals surface area contributed by atoms with Crippen molar-refractivity contribution in [1.29, 1.82) is 0 Å². The molecule has 0 amide bonds. The SMILES string of the molecule is CS(=O)c1ccc(SC(C)(C)C(=O)O)cc1. The second kappa shape index (κ2) is 5.01. The molecule has 1 aromatic carbocycles. The third-order valence-corrected chi connectivity index (χ3v) is 4.17. The number of thioether (sulfide) groups is 1.